The van der Waals surface area contributed by atoms with Crippen LogP contribution in [0.2, 0.25) is 0 Å². The average molecular weight is 307 g/mol. The molecule has 1 atom stereocenters. The predicted octanol–water partition coefficient (Wildman–Crippen LogP) is 3.23. The van der Waals surface area contributed by atoms with E-state index in [1.807, 2.05) is 6.92 Å². The molecule has 0 spiro atoms. The van der Waals surface area contributed by atoms with E-state index in [4.69, 9.17) is 5.11 Å². The standard InChI is InChI=1S/C13H13N3O4S/c1-7-9(4-3-5-11(7)16(19)20)14-8(2)12-15-10(6-21-12)13(17)18/h3-6,8,14H,1-2H3,(H,17,18). The molecule has 0 amide bonds. The summed E-state index contributed by atoms with van der Waals surface area (Å²) in [5, 5.41) is 25.0. The fourth-order valence-corrected chi connectivity index (χ4v) is 2.66. The molecule has 2 rings (SSSR count). The molecule has 0 bridgehead atoms. The molecule has 2 aromatic rings. The highest BCUT2D eigenvalue weighted by molar-refractivity contribution is 7.09. The Kier molecular flexibility index (Phi) is 4.18. The van der Waals surface area contributed by atoms with Gasteiger partial charge >= 0.3 is 5.97 Å². The molecule has 0 aliphatic carbocycles. The molecule has 1 heterocycles. The molecule has 8 heteroatoms. The third-order valence-corrected chi connectivity index (χ3v) is 4.01. The zero-order chi connectivity index (χ0) is 15.6. The van der Waals surface area contributed by atoms with Crippen LogP contribution in [0.3, 0.4) is 0 Å². The Bertz CT molecular complexity index is 698. The van der Waals surface area contributed by atoms with Crippen molar-refractivity contribution < 1.29 is 14.8 Å². The quantitative estimate of drug-likeness (QED) is 0.649. The van der Waals surface area contributed by atoms with Crippen molar-refractivity contribution in [3.63, 3.8) is 0 Å². The number of carboxylic acids is 1. The van der Waals surface area contributed by atoms with Crippen LogP contribution in [0, 0.1) is 17.0 Å². The van der Waals surface area contributed by atoms with Crippen LogP contribution in [0.1, 0.15) is 34.0 Å². The smallest absolute Gasteiger partial charge is 0.355 e. The molecule has 2 N–H and O–H groups in total. The molecule has 0 radical (unpaired) electrons. The van der Waals surface area contributed by atoms with Crippen molar-refractivity contribution in [1.82, 2.24) is 4.98 Å². The van der Waals surface area contributed by atoms with E-state index < -0.39 is 10.9 Å². The minimum absolute atomic E-state index is 0.000542. The molecule has 0 saturated carbocycles. The summed E-state index contributed by atoms with van der Waals surface area (Å²) in [5.41, 5.74) is 1.20. The van der Waals surface area contributed by atoms with E-state index in [9.17, 15) is 14.9 Å². The second-order valence-electron chi connectivity index (χ2n) is 4.45. The number of nitro benzene ring substituents is 1. The number of benzene rings is 1. The van der Waals surface area contributed by atoms with Crippen LogP contribution in [-0.4, -0.2) is 21.0 Å². The van der Waals surface area contributed by atoms with Gasteiger partial charge in [-0.05, 0) is 19.9 Å². The summed E-state index contributed by atoms with van der Waals surface area (Å²) in [5.74, 6) is -1.07. The van der Waals surface area contributed by atoms with Gasteiger partial charge in [-0.2, -0.15) is 0 Å². The van der Waals surface area contributed by atoms with Gasteiger partial charge in [0.1, 0.15) is 5.01 Å². The second-order valence-corrected chi connectivity index (χ2v) is 5.34. The Morgan fingerprint density at radius 1 is 1.52 bits per heavy atom. The number of hydrogen-bond donors (Lipinski definition) is 2. The van der Waals surface area contributed by atoms with E-state index >= 15 is 0 Å². The summed E-state index contributed by atoms with van der Waals surface area (Å²) < 4.78 is 0. The van der Waals surface area contributed by atoms with Gasteiger partial charge in [0, 0.05) is 22.7 Å². The van der Waals surface area contributed by atoms with Crippen molar-refractivity contribution in [2.75, 3.05) is 5.32 Å². The molecule has 7 nitrogen and oxygen atoms in total. The fraction of sp³-hybridized carbons (Fsp3) is 0.231. The SMILES string of the molecule is Cc1c(NC(C)c2nc(C(=O)O)cs2)cccc1[N+](=O)[O-]. The number of aromatic carboxylic acids is 1. The third-order valence-electron chi connectivity index (χ3n) is 2.99. The Morgan fingerprint density at radius 2 is 2.24 bits per heavy atom. The van der Waals surface area contributed by atoms with Gasteiger partial charge in [-0.1, -0.05) is 6.07 Å². The predicted molar refractivity (Wildman–Crippen MR) is 78.9 cm³/mol. The largest absolute Gasteiger partial charge is 0.476 e. The normalized spacial score (nSPS) is 11.9. The van der Waals surface area contributed by atoms with Gasteiger partial charge in [-0.3, -0.25) is 10.1 Å². The molecular formula is C13H13N3O4S. The van der Waals surface area contributed by atoms with E-state index in [1.165, 1.54) is 22.8 Å². The lowest BCUT2D eigenvalue weighted by atomic mass is 10.1. The molecule has 110 valence electrons. The van der Waals surface area contributed by atoms with Gasteiger partial charge in [0.25, 0.3) is 5.69 Å². The first-order chi connectivity index (χ1) is 9.90. The van der Waals surface area contributed by atoms with Crippen LogP contribution in [-0.2, 0) is 0 Å². The maximum absolute atomic E-state index is 10.9. The van der Waals surface area contributed by atoms with E-state index in [0.717, 1.165) is 0 Å². The highest BCUT2D eigenvalue weighted by Gasteiger charge is 2.17. The number of nitrogens with zero attached hydrogens (tertiary/aromatic N) is 2. The van der Waals surface area contributed by atoms with Crippen molar-refractivity contribution >= 4 is 28.7 Å². The average Bonchev–Trinajstić information content (AvgIpc) is 2.90. The Morgan fingerprint density at radius 3 is 2.81 bits per heavy atom. The van der Waals surface area contributed by atoms with Crippen molar-refractivity contribution in [3.8, 4) is 0 Å². The number of rotatable bonds is 5. The van der Waals surface area contributed by atoms with Gasteiger partial charge in [0.05, 0.1) is 11.0 Å². The summed E-state index contributed by atoms with van der Waals surface area (Å²) in [7, 11) is 0. The monoisotopic (exact) mass is 307 g/mol. The van der Waals surface area contributed by atoms with Crippen molar-refractivity contribution in [3.05, 3.63) is 50.0 Å². The number of nitro groups is 1. The van der Waals surface area contributed by atoms with Crippen molar-refractivity contribution in [2.45, 2.75) is 19.9 Å². The number of anilines is 1. The van der Waals surface area contributed by atoms with Gasteiger partial charge in [-0.25, -0.2) is 9.78 Å². The fourth-order valence-electron chi connectivity index (χ4n) is 1.86. The first-order valence-electron chi connectivity index (χ1n) is 6.09. The Labute approximate surface area is 124 Å². The van der Waals surface area contributed by atoms with Gasteiger partial charge < -0.3 is 10.4 Å². The molecular weight excluding hydrogens is 294 g/mol. The van der Waals surface area contributed by atoms with E-state index in [2.05, 4.69) is 10.3 Å². The van der Waals surface area contributed by atoms with Crippen LogP contribution in [0.4, 0.5) is 11.4 Å². The van der Waals surface area contributed by atoms with E-state index in [1.54, 1.807) is 19.1 Å². The number of thiazole rings is 1. The molecule has 0 saturated heterocycles. The van der Waals surface area contributed by atoms with Crippen molar-refractivity contribution in [2.24, 2.45) is 0 Å². The number of hydrogen-bond acceptors (Lipinski definition) is 6. The van der Waals surface area contributed by atoms with E-state index in [0.29, 0.717) is 16.3 Å². The van der Waals surface area contributed by atoms with Gasteiger partial charge in [-0.15, -0.1) is 11.3 Å². The lowest BCUT2D eigenvalue weighted by molar-refractivity contribution is -0.385. The van der Waals surface area contributed by atoms with Crippen LogP contribution in [0.5, 0.6) is 0 Å². The zero-order valence-corrected chi connectivity index (χ0v) is 12.2. The first-order valence-corrected chi connectivity index (χ1v) is 6.97. The zero-order valence-electron chi connectivity index (χ0n) is 11.4. The molecule has 0 aliphatic rings. The number of carboxylic acid groups (broad SMARTS) is 1. The molecule has 21 heavy (non-hydrogen) atoms. The maximum Gasteiger partial charge on any atom is 0.355 e. The van der Waals surface area contributed by atoms with Crippen LogP contribution < -0.4 is 5.32 Å². The van der Waals surface area contributed by atoms with Gasteiger partial charge in [0.2, 0.25) is 0 Å². The summed E-state index contributed by atoms with van der Waals surface area (Å²) in [6.45, 7) is 3.49. The Hall–Kier alpha value is -2.48. The third kappa shape index (κ3) is 3.16. The maximum atomic E-state index is 10.9. The molecule has 1 unspecified atom stereocenters. The molecule has 0 aliphatic heterocycles. The minimum Gasteiger partial charge on any atom is -0.476 e. The molecule has 1 aromatic heterocycles. The lowest BCUT2D eigenvalue weighted by Gasteiger charge is -2.14. The summed E-state index contributed by atoms with van der Waals surface area (Å²) in [4.78, 5) is 25.3. The summed E-state index contributed by atoms with van der Waals surface area (Å²) >= 11 is 1.23. The number of carbonyl (C=O) groups is 1. The molecule has 0 fully saturated rings. The number of aromatic nitrogens is 1. The van der Waals surface area contributed by atoms with Crippen LogP contribution in [0.25, 0.3) is 0 Å². The summed E-state index contributed by atoms with van der Waals surface area (Å²) in [6.07, 6.45) is 0. The minimum atomic E-state index is -1.07. The van der Waals surface area contributed by atoms with E-state index in [-0.39, 0.29) is 17.4 Å². The summed E-state index contributed by atoms with van der Waals surface area (Å²) in [6, 6.07) is 4.54. The topological polar surface area (TPSA) is 105 Å². The number of nitrogens with one attached hydrogen (secondary N) is 1. The van der Waals surface area contributed by atoms with Crippen LogP contribution in [0.15, 0.2) is 23.6 Å². The highest BCUT2D eigenvalue weighted by atomic mass is 32.1. The highest BCUT2D eigenvalue weighted by Crippen LogP contribution is 2.29. The lowest BCUT2D eigenvalue weighted by Crippen LogP contribution is -2.09. The Balaban J connectivity index is 2.23. The second kappa shape index (κ2) is 5.88. The van der Waals surface area contributed by atoms with Gasteiger partial charge in [0.15, 0.2) is 5.69 Å². The molecule has 1 aromatic carbocycles. The van der Waals surface area contributed by atoms with Crippen LogP contribution >= 0.6 is 11.3 Å². The van der Waals surface area contributed by atoms with Crippen molar-refractivity contribution in [1.29, 1.82) is 0 Å². The first kappa shape index (κ1) is 14.9.